The molecule has 0 radical (unpaired) electrons. The summed E-state index contributed by atoms with van der Waals surface area (Å²) in [7, 11) is 0. The van der Waals surface area contributed by atoms with Crippen LogP contribution in [0.1, 0.15) is 43.0 Å². The van der Waals surface area contributed by atoms with Gasteiger partial charge in [-0.3, -0.25) is 0 Å². The van der Waals surface area contributed by atoms with Crippen LogP contribution in [0.5, 0.6) is 0 Å². The molecule has 3 rings (SSSR count). The first kappa shape index (κ1) is 14.3. The second-order valence-corrected chi connectivity index (χ2v) is 7.20. The summed E-state index contributed by atoms with van der Waals surface area (Å²) in [6.07, 6.45) is 2.33. The summed E-state index contributed by atoms with van der Waals surface area (Å²) in [6, 6.07) is 18.4. The topological polar surface area (TPSA) is 12.0 Å². The molecule has 110 valence electrons. The number of rotatable bonds is 3. The van der Waals surface area contributed by atoms with Crippen molar-refractivity contribution in [1.29, 1.82) is 0 Å². The fourth-order valence-electron chi connectivity index (χ4n) is 3.09. The molecule has 1 heteroatoms. The molecule has 0 saturated carbocycles. The molecule has 1 aliphatic rings. The minimum Gasteiger partial charge on any atom is -0.309 e. The molecule has 21 heavy (non-hydrogen) atoms. The second kappa shape index (κ2) is 5.65. The molecule has 2 aromatic rings. The summed E-state index contributed by atoms with van der Waals surface area (Å²) in [6.45, 7) is 7.74. The highest BCUT2D eigenvalue weighted by Crippen LogP contribution is 2.23. The average Bonchev–Trinajstić information content (AvgIpc) is 2.87. The molecule has 1 nitrogen and oxygen atoms in total. The van der Waals surface area contributed by atoms with Crippen molar-refractivity contribution in [2.24, 2.45) is 0 Å². The summed E-state index contributed by atoms with van der Waals surface area (Å²) in [5, 5.41) is 3.70. The average molecular weight is 279 g/mol. The van der Waals surface area contributed by atoms with Crippen molar-refractivity contribution in [3.8, 4) is 0 Å². The van der Waals surface area contributed by atoms with Crippen LogP contribution in [-0.2, 0) is 24.8 Å². The van der Waals surface area contributed by atoms with E-state index >= 15 is 0 Å². The molecule has 2 aromatic carbocycles. The van der Waals surface area contributed by atoms with Crippen LogP contribution in [0, 0.1) is 0 Å². The number of nitrogens with one attached hydrogen (secondary N) is 1. The second-order valence-electron chi connectivity index (χ2n) is 7.20. The van der Waals surface area contributed by atoms with Gasteiger partial charge in [-0.1, -0.05) is 69.3 Å². The largest absolute Gasteiger partial charge is 0.309 e. The Hall–Kier alpha value is -1.60. The van der Waals surface area contributed by atoms with Crippen LogP contribution < -0.4 is 5.32 Å². The molecule has 0 heterocycles. The first-order valence-corrected chi connectivity index (χ1v) is 7.92. The minimum atomic E-state index is 0.235. The Bertz CT molecular complexity index is 579. The molecule has 0 atom stereocenters. The van der Waals surface area contributed by atoms with E-state index in [2.05, 4.69) is 74.6 Å². The first-order valence-electron chi connectivity index (χ1n) is 7.92. The number of benzene rings is 2. The fourth-order valence-corrected chi connectivity index (χ4v) is 3.09. The van der Waals surface area contributed by atoms with Crippen molar-refractivity contribution in [2.75, 3.05) is 0 Å². The van der Waals surface area contributed by atoms with Gasteiger partial charge in [-0.05, 0) is 40.5 Å². The van der Waals surface area contributed by atoms with Crippen molar-refractivity contribution in [1.82, 2.24) is 5.32 Å². The van der Waals surface area contributed by atoms with Crippen LogP contribution in [0.4, 0.5) is 0 Å². The Morgan fingerprint density at radius 3 is 2.00 bits per heavy atom. The minimum absolute atomic E-state index is 0.235. The molecule has 0 spiro atoms. The van der Waals surface area contributed by atoms with Crippen LogP contribution in [0.3, 0.4) is 0 Å². The van der Waals surface area contributed by atoms with E-state index in [1.54, 1.807) is 0 Å². The van der Waals surface area contributed by atoms with E-state index in [0.29, 0.717) is 6.04 Å². The van der Waals surface area contributed by atoms with Crippen LogP contribution >= 0.6 is 0 Å². The van der Waals surface area contributed by atoms with E-state index in [1.165, 1.54) is 22.3 Å². The van der Waals surface area contributed by atoms with Gasteiger partial charge in [0.2, 0.25) is 0 Å². The zero-order valence-electron chi connectivity index (χ0n) is 13.3. The maximum absolute atomic E-state index is 3.70. The molecular formula is C20H25N. The van der Waals surface area contributed by atoms with Gasteiger partial charge in [-0.25, -0.2) is 0 Å². The molecule has 0 bridgehead atoms. The van der Waals surface area contributed by atoms with Gasteiger partial charge in [-0.2, -0.15) is 0 Å². The zero-order valence-corrected chi connectivity index (χ0v) is 13.3. The molecule has 0 saturated heterocycles. The SMILES string of the molecule is CC(C)(C)c1ccc(CNC2Cc3ccccc3C2)cc1. The Labute approximate surface area is 128 Å². The molecule has 0 fully saturated rings. The van der Waals surface area contributed by atoms with E-state index in [0.717, 1.165) is 19.4 Å². The van der Waals surface area contributed by atoms with Gasteiger partial charge in [0.15, 0.2) is 0 Å². The predicted octanol–water partition coefficient (Wildman–Crippen LogP) is 4.24. The molecule has 1 N–H and O–H groups in total. The monoisotopic (exact) mass is 279 g/mol. The van der Waals surface area contributed by atoms with Crippen molar-refractivity contribution in [3.05, 3.63) is 70.8 Å². The molecule has 0 aromatic heterocycles. The Balaban J connectivity index is 1.57. The zero-order chi connectivity index (χ0) is 14.9. The van der Waals surface area contributed by atoms with Gasteiger partial charge >= 0.3 is 0 Å². The van der Waals surface area contributed by atoms with Crippen molar-refractivity contribution >= 4 is 0 Å². The molecule has 0 unspecified atom stereocenters. The number of hydrogen-bond donors (Lipinski definition) is 1. The molecule has 1 aliphatic carbocycles. The van der Waals surface area contributed by atoms with Gasteiger partial charge in [0.25, 0.3) is 0 Å². The molecule has 0 aliphatic heterocycles. The van der Waals surface area contributed by atoms with Crippen LogP contribution in [0.15, 0.2) is 48.5 Å². The normalized spacial score (nSPS) is 15.2. The van der Waals surface area contributed by atoms with E-state index in [1.807, 2.05) is 0 Å². The predicted molar refractivity (Wildman–Crippen MR) is 89.6 cm³/mol. The fraction of sp³-hybridized carbons (Fsp3) is 0.400. The number of hydrogen-bond acceptors (Lipinski definition) is 1. The lowest BCUT2D eigenvalue weighted by atomic mass is 9.87. The van der Waals surface area contributed by atoms with Crippen molar-refractivity contribution in [2.45, 2.75) is 51.6 Å². The highest BCUT2D eigenvalue weighted by atomic mass is 14.9. The third-order valence-electron chi connectivity index (χ3n) is 4.47. The molecular weight excluding hydrogens is 254 g/mol. The summed E-state index contributed by atoms with van der Waals surface area (Å²) < 4.78 is 0. The number of fused-ring (bicyclic) bond motifs is 1. The van der Waals surface area contributed by atoms with E-state index < -0.39 is 0 Å². The van der Waals surface area contributed by atoms with Crippen LogP contribution in [0.2, 0.25) is 0 Å². The van der Waals surface area contributed by atoms with Crippen molar-refractivity contribution < 1.29 is 0 Å². The maximum atomic E-state index is 3.70. The van der Waals surface area contributed by atoms with Crippen LogP contribution in [0.25, 0.3) is 0 Å². The maximum Gasteiger partial charge on any atom is 0.0208 e. The molecule has 0 amide bonds. The quantitative estimate of drug-likeness (QED) is 0.886. The first-order chi connectivity index (χ1) is 10.0. The Kier molecular flexibility index (Phi) is 3.86. The lowest BCUT2D eigenvalue weighted by Crippen LogP contribution is -2.28. The highest BCUT2D eigenvalue weighted by Gasteiger charge is 2.20. The van der Waals surface area contributed by atoms with Gasteiger partial charge in [0, 0.05) is 12.6 Å². The van der Waals surface area contributed by atoms with Gasteiger partial charge in [0.05, 0.1) is 0 Å². The Morgan fingerprint density at radius 1 is 0.905 bits per heavy atom. The summed E-state index contributed by atoms with van der Waals surface area (Å²) >= 11 is 0. The van der Waals surface area contributed by atoms with Crippen LogP contribution in [-0.4, -0.2) is 6.04 Å². The standard InChI is InChI=1S/C20H25N/c1-20(2,3)18-10-8-15(9-11-18)14-21-19-12-16-6-4-5-7-17(16)13-19/h4-11,19,21H,12-14H2,1-3H3. The highest BCUT2D eigenvalue weighted by molar-refractivity contribution is 5.33. The smallest absolute Gasteiger partial charge is 0.0208 e. The lowest BCUT2D eigenvalue weighted by molar-refractivity contribution is 0.532. The van der Waals surface area contributed by atoms with E-state index in [-0.39, 0.29) is 5.41 Å². The third-order valence-corrected chi connectivity index (χ3v) is 4.47. The Morgan fingerprint density at radius 2 is 1.48 bits per heavy atom. The van der Waals surface area contributed by atoms with Crippen molar-refractivity contribution in [3.63, 3.8) is 0 Å². The van der Waals surface area contributed by atoms with E-state index in [9.17, 15) is 0 Å². The third kappa shape index (κ3) is 3.36. The lowest BCUT2D eigenvalue weighted by Gasteiger charge is -2.19. The summed E-state index contributed by atoms with van der Waals surface area (Å²) in [5.41, 5.74) is 6.04. The van der Waals surface area contributed by atoms with Gasteiger partial charge in [0.1, 0.15) is 0 Å². The van der Waals surface area contributed by atoms with Gasteiger partial charge in [-0.15, -0.1) is 0 Å². The summed E-state index contributed by atoms with van der Waals surface area (Å²) in [5.74, 6) is 0. The van der Waals surface area contributed by atoms with E-state index in [4.69, 9.17) is 0 Å². The summed E-state index contributed by atoms with van der Waals surface area (Å²) in [4.78, 5) is 0. The van der Waals surface area contributed by atoms with Gasteiger partial charge < -0.3 is 5.32 Å².